The Morgan fingerprint density at radius 1 is 1.28 bits per heavy atom. The van der Waals surface area contributed by atoms with Gasteiger partial charge >= 0.3 is 0 Å². The molecular formula is C16H24ClN. The topological polar surface area (TPSA) is 26.0 Å². The van der Waals surface area contributed by atoms with Crippen LogP contribution in [0.1, 0.15) is 50.5 Å². The Kier molecular flexibility index (Phi) is 5.08. The van der Waals surface area contributed by atoms with E-state index in [1.165, 1.54) is 37.7 Å². The zero-order valence-electron chi connectivity index (χ0n) is 11.2. The van der Waals surface area contributed by atoms with Crippen molar-refractivity contribution >= 4 is 11.6 Å². The predicted molar refractivity (Wildman–Crippen MR) is 79.0 cm³/mol. The fourth-order valence-corrected chi connectivity index (χ4v) is 3.54. The van der Waals surface area contributed by atoms with Gasteiger partial charge in [-0.1, -0.05) is 49.9 Å². The maximum atomic E-state index is 6.14. The van der Waals surface area contributed by atoms with Crippen molar-refractivity contribution < 1.29 is 0 Å². The second kappa shape index (κ2) is 6.58. The van der Waals surface area contributed by atoms with Gasteiger partial charge in [0.25, 0.3) is 0 Å². The highest BCUT2D eigenvalue weighted by atomic mass is 35.5. The second-order valence-electron chi connectivity index (χ2n) is 5.68. The predicted octanol–water partition coefficient (Wildman–Crippen LogP) is 4.60. The van der Waals surface area contributed by atoms with E-state index in [4.69, 9.17) is 17.3 Å². The molecule has 1 aliphatic carbocycles. The van der Waals surface area contributed by atoms with Crippen molar-refractivity contribution in [3.8, 4) is 0 Å². The number of nitrogens with two attached hydrogens (primary N) is 1. The van der Waals surface area contributed by atoms with Crippen molar-refractivity contribution in [2.45, 2.75) is 44.9 Å². The van der Waals surface area contributed by atoms with Crippen molar-refractivity contribution in [1.29, 1.82) is 0 Å². The maximum absolute atomic E-state index is 6.14. The number of hydrogen-bond donors (Lipinski definition) is 1. The highest BCUT2D eigenvalue weighted by Crippen LogP contribution is 2.40. The highest BCUT2D eigenvalue weighted by Gasteiger charge is 2.28. The molecule has 0 amide bonds. The van der Waals surface area contributed by atoms with Gasteiger partial charge in [0.2, 0.25) is 0 Å². The zero-order valence-corrected chi connectivity index (χ0v) is 12.0. The lowest BCUT2D eigenvalue weighted by Crippen LogP contribution is -2.25. The summed E-state index contributed by atoms with van der Waals surface area (Å²) in [4.78, 5) is 0. The van der Waals surface area contributed by atoms with Crippen molar-refractivity contribution in [2.24, 2.45) is 17.6 Å². The summed E-state index contributed by atoms with van der Waals surface area (Å²) >= 11 is 6.14. The number of rotatable bonds is 3. The smallest absolute Gasteiger partial charge is 0.0408 e. The van der Waals surface area contributed by atoms with Crippen LogP contribution in [0.15, 0.2) is 24.3 Å². The summed E-state index contributed by atoms with van der Waals surface area (Å²) < 4.78 is 0. The Balaban J connectivity index is 2.25. The van der Waals surface area contributed by atoms with Crippen LogP contribution < -0.4 is 5.73 Å². The van der Waals surface area contributed by atoms with Crippen LogP contribution in [-0.4, -0.2) is 6.54 Å². The average molecular weight is 266 g/mol. The van der Waals surface area contributed by atoms with E-state index in [1.807, 2.05) is 6.07 Å². The van der Waals surface area contributed by atoms with E-state index < -0.39 is 0 Å². The van der Waals surface area contributed by atoms with Crippen molar-refractivity contribution in [3.05, 3.63) is 34.9 Å². The molecule has 1 aromatic carbocycles. The fraction of sp³-hybridized carbons (Fsp3) is 0.625. The third-order valence-electron chi connectivity index (χ3n) is 4.45. The average Bonchev–Trinajstić information content (AvgIpc) is 2.63. The van der Waals surface area contributed by atoms with Crippen LogP contribution in [0.3, 0.4) is 0 Å². The van der Waals surface area contributed by atoms with Gasteiger partial charge in [-0.2, -0.15) is 0 Å². The van der Waals surface area contributed by atoms with Crippen LogP contribution >= 0.6 is 11.6 Å². The SMILES string of the molecule is CC(CN)C1CCCCCC1c1cccc(Cl)c1. The first-order valence-corrected chi connectivity index (χ1v) is 7.55. The lowest BCUT2D eigenvalue weighted by Gasteiger charge is -2.30. The van der Waals surface area contributed by atoms with Gasteiger partial charge in [-0.15, -0.1) is 0 Å². The van der Waals surface area contributed by atoms with Crippen LogP contribution in [0.2, 0.25) is 5.02 Å². The minimum Gasteiger partial charge on any atom is -0.330 e. The molecule has 1 saturated carbocycles. The van der Waals surface area contributed by atoms with Crippen molar-refractivity contribution in [3.63, 3.8) is 0 Å². The van der Waals surface area contributed by atoms with Crippen LogP contribution in [0.5, 0.6) is 0 Å². The van der Waals surface area contributed by atoms with Crippen molar-refractivity contribution in [1.82, 2.24) is 0 Å². The first kappa shape index (κ1) is 13.9. The molecule has 0 heterocycles. The normalized spacial score (nSPS) is 26.6. The lowest BCUT2D eigenvalue weighted by molar-refractivity contribution is 0.288. The van der Waals surface area contributed by atoms with Gasteiger partial charge in [0.1, 0.15) is 0 Å². The molecule has 100 valence electrons. The van der Waals surface area contributed by atoms with E-state index in [2.05, 4.69) is 25.1 Å². The molecule has 0 saturated heterocycles. The summed E-state index contributed by atoms with van der Waals surface area (Å²) in [5.74, 6) is 1.97. The van der Waals surface area contributed by atoms with Crippen LogP contribution in [0, 0.1) is 11.8 Å². The molecule has 0 spiro atoms. The van der Waals surface area contributed by atoms with E-state index in [0.29, 0.717) is 11.8 Å². The molecule has 2 heteroatoms. The molecule has 3 unspecified atom stereocenters. The summed E-state index contributed by atoms with van der Waals surface area (Å²) in [6.07, 6.45) is 6.66. The molecule has 0 aliphatic heterocycles. The van der Waals surface area contributed by atoms with Gasteiger partial charge in [-0.05, 0) is 54.8 Å². The first-order chi connectivity index (χ1) is 8.72. The van der Waals surface area contributed by atoms with Gasteiger partial charge in [0.15, 0.2) is 0 Å². The Labute approximate surface area is 116 Å². The third-order valence-corrected chi connectivity index (χ3v) is 4.68. The molecule has 1 aromatic rings. The molecule has 3 atom stereocenters. The molecule has 0 bridgehead atoms. The summed E-state index contributed by atoms with van der Waals surface area (Å²) in [6.45, 7) is 3.09. The van der Waals surface area contributed by atoms with Crippen LogP contribution in [0.25, 0.3) is 0 Å². The van der Waals surface area contributed by atoms with E-state index in [9.17, 15) is 0 Å². The third kappa shape index (κ3) is 3.27. The Morgan fingerprint density at radius 2 is 2.06 bits per heavy atom. The number of hydrogen-bond acceptors (Lipinski definition) is 1. The van der Waals surface area contributed by atoms with E-state index in [1.54, 1.807) is 0 Å². The quantitative estimate of drug-likeness (QED) is 0.795. The van der Waals surface area contributed by atoms with Crippen molar-refractivity contribution in [2.75, 3.05) is 6.54 Å². The molecular weight excluding hydrogens is 242 g/mol. The summed E-state index contributed by atoms with van der Waals surface area (Å²) in [5, 5.41) is 0.857. The van der Waals surface area contributed by atoms with E-state index in [0.717, 1.165) is 17.5 Å². The largest absolute Gasteiger partial charge is 0.330 e. The highest BCUT2D eigenvalue weighted by molar-refractivity contribution is 6.30. The molecule has 1 aliphatic rings. The Hall–Kier alpha value is -0.530. The number of benzene rings is 1. The van der Waals surface area contributed by atoms with E-state index in [-0.39, 0.29) is 0 Å². The maximum Gasteiger partial charge on any atom is 0.0408 e. The van der Waals surface area contributed by atoms with E-state index >= 15 is 0 Å². The minimum absolute atomic E-state index is 0.604. The second-order valence-corrected chi connectivity index (χ2v) is 6.11. The molecule has 2 rings (SSSR count). The summed E-state index contributed by atoms with van der Waals surface area (Å²) in [6, 6.07) is 8.42. The molecule has 18 heavy (non-hydrogen) atoms. The molecule has 0 radical (unpaired) electrons. The molecule has 2 N–H and O–H groups in total. The van der Waals surface area contributed by atoms with Gasteiger partial charge < -0.3 is 5.73 Å². The zero-order chi connectivity index (χ0) is 13.0. The van der Waals surface area contributed by atoms with Crippen LogP contribution in [0.4, 0.5) is 0 Å². The monoisotopic (exact) mass is 265 g/mol. The molecule has 1 nitrogen and oxygen atoms in total. The first-order valence-electron chi connectivity index (χ1n) is 7.18. The summed E-state index contributed by atoms with van der Waals surface area (Å²) in [5.41, 5.74) is 7.31. The minimum atomic E-state index is 0.604. The molecule has 0 aromatic heterocycles. The number of halogens is 1. The molecule has 1 fully saturated rings. The Bertz CT molecular complexity index is 377. The van der Waals surface area contributed by atoms with Gasteiger partial charge in [-0.25, -0.2) is 0 Å². The van der Waals surface area contributed by atoms with Crippen LogP contribution in [-0.2, 0) is 0 Å². The summed E-state index contributed by atoms with van der Waals surface area (Å²) in [7, 11) is 0. The standard InChI is InChI=1S/C16H24ClN/c1-12(11-18)15-8-3-2-4-9-16(15)13-6-5-7-14(17)10-13/h5-7,10,12,15-16H,2-4,8-9,11,18H2,1H3. The fourth-order valence-electron chi connectivity index (χ4n) is 3.34. The van der Waals surface area contributed by atoms with Gasteiger partial charge in [0.05, 0.1) is 0 Å². The lowest BCUT2D eigenvalue weighted by atomic mass is 9.76. The Morgan fingerprint density at radius 3 is 2.78 bits per heavy atom. The van der Waals surface area contributed by atoms with Gasteiger partial charge in [0, 0.05) is 5.02 Å². The van der Waals surface area contributed by atoms with Gasteiger partial charge in [-0.3, -0.25) is 0 Å².